The number of carbonyl (C=O) groups excluding carboxylic acids is 2. The lowest BCUT2D eigenvalue weighted by atomic mass is 9.92. The maximum absolute atomic E-state index is 13.9. The predicted octanol–water partition coefficient (Wildman–Crippen LogP) is 5.02. The van der Waals surface area contributed by atoms with Gasteiger partial charge >= 0.3 is 0 Å². The monoisotopic (exact) mass is 570 g/mol. The molecule has 2 fully saturated rings. The van der Waals surface area contributed by atoms with Crippen molar-refractivity contribution < 1.29 is 14.0 Å². The van der Waals surface area contributed by atoms with Crippen molar-refractivity contribution in [3.05, 3.63) is 63.4 Å². The summed E-state index contributed by atoms with van der Waals surface area (Å²) in [5.74, 6) is -0.179. The standard InChI is InChI=1S/C27H33Cl2FN4O2.ClH/c1-18-12-23(30)4-5-25(18)34-7-6-24(33-10-8-32(9-11-33)19(2)35)16-26(34)27(36)31(3)17-20-13-21(28)15-22(29)14-20;/h4-5,12-15,24,26H,6-11,16-17H2,1-3H3;1H. The van der Waals surface area contributed by atoms with E-state index in [1.165, 1.54) is 12.1 Å². The Hall–Kier alpha value is -2.06. The molecule has 2 atom stereocenters. The van der Waals surface area contributed by atoms with Crippen molar-refractivity contribution in [2.45, 2.75) is 45.3 Å². The zero-order valence-electron chi connectivity index (χ0n) is 21.4. The molecule has 0 saturated carbocycles. The minimum absolute atomic E-state index is 0. The lowest BCUT2D eigenvalue weighted by molar-refractivity contribution is -0.133. The van der Waals surface area contributed by atoms with E-state index < -0.39 is 6.04 Å². The van der Waals surface area contributed by atoms with E-state index in [4.69, 9.17) is 23.2 Å². The van der Waals surface area contributed by atoms with Crippen LogP contribution in [0.4, 0.5) is 10.1 Å². The van der Waals surface area contributed by atoms with E-state index >= 15 is 0 Å². The third-order valence-electron chi connectivity index (χ3n) is 7.32. The van der Waals surface area contributed by atoms with Gasteiger partial charge in [-0.2, -0.15) is 0 Å². The van der Waals surface area contributed by atoms with Gasteiger partial charge in [-0.1, -0.05) is 23.2 Å². The molecule has 0 N–H and O–H groups in total. The summed E-state index contributed by atoms with van der Waals surface area (Å²) < 4.78 is 13.8. The van der Waals surface area contributed by atoms with Crippen molar-refractivity contribution >= 4 is 53.1 Å². The van der Waals surface area contributed by atoms with Crippen LogP contribution in [0.1, 0.15) is 30.9 Å². The van der Waals surface area contributed by atoms with E-state index in [0.29, 0.717) is 42.6 Å². The number of piperazine rings is 1. The number of hydrogen-bond acceptors (Lipinski definition) is 4. The van der Waals surface area contributed by atoms with Crippen LogP contribution in [-0.4, -0.2) is 78.4 Å². The van der Waals surface area contributed by atoms with Crippen molar-refractivity contribution in [3.8, 4) is 0 Å². The van der Waals surface area contributed by atoms with Crippen molar-refractivity contribution in [1.29, 1.82) is 0 Å². The SMILES string of the molecule is CC(=O)N1CCN(C2CCN(c3ccc(F)cc3C)C(C(=O)N(C)Cc3cc(Cl)cc(Cl)c3)C2)CC1.Cl. The van der Waals surface area contributed by atoms with E-state index in [2.05, 4.69) is 9.80 Å². The Morgan fingerprint density at radius 3 is 2.27 bits per heavy atom. The molecule has 37 heavy (non-hydrogen) atoms. The molecular formula is C27H34Cl3FN4O2. The molecule has 0 aromatic heterocycles. The molecule has 2 aliphatic heterocycles. The Morgan fingerprint density at radius 1 is 1.03 bits per heavy atom. The Bertz CT molecular complexity index is 1110. The number of piperidine rings is 1. The Balaban J connectivity index is 0.00000380. The van der Waals surface area contributed by atoms with Gasteiger partial charge in [0.2, 0.25) is 11.8 Å². The molecule has 2 saturated heterocycles. The molecule has 10 heteroatoms. The number of rotatable bonds is 5. The maximum Gasteiger partial charge on any atom is 0.245 e. The first-order valence-corrected chi connectivity index (χ1v) is 13.1. The number of nitrogens with zero attached hydrogens (tertiary/aromatic N) is 4. The number of halogens is 4. The highest BCUT2D eigenvalue weighted by molar-refractivity contribution is 6.34. The van der Waals surface area contributed by atoms with Gasteiger partial charge in [-0.25, -0.2) is 4.39 Å². The second kappa shape index (κ2) is 12.7. The normalized spacial score (nSPS) is 20.4. The predicted molar refractivity (Wildman–Crippen MR) is 149 cm³/mol. The second-order valence-corrected chi connectivity index (χ2v) is 10.7. The highest BCUT2D eigenvalue weighted by Crippen LogP contribution is 2.32. The van der Waals surface area contributed by atoms with E-state index in [0.717, 1.165) is 36.3 Å². The highest BCUT2D eigenvalue weighted by atomic mass is 35.5. The number of benzene rings is 2. The summed E-state index contributed by atoms with van der Waals surface area (Å²) in [5.41, 5.74) is 2.56. The van der Waals surface area contributed by atoms with Crippen LogP contribution in [0, 0.1) is 12.7 Å². The molecule has 2 unspecified atom stereocenters. The first kappa shape index (κ1) is 29.5. The maximum atomic E-state index is 13.9. The summed E-state index contributed by atoms with van der Waals surface area (Å²) in [5, 5.41) is 1.06. The van der Waals surface area contributed by atoms with E-state index in [1.54, 1.807) is 31.0 Å². The van der Waals surface area contributed by atoms with Gasteiger partial charge in [-0.15, -0.1) is 12.4 Å². The smallest absolute Gasteiger partial charge is 0.245 e. The molecule has 0 spiro atoms. The lowest BCUT2D eigenvalue weighted by Gasteiger charge is -2.47. The van der Waals surface area contributed by atoms with Gasteiger partial charge in [0.25, 0.3) is 0 Å². The molecule has 6 nitrogen and oxygen atoms in total. The van der Waals surface area contributed by atoms with Gasteiger partial charge in [0, 0.05) is 75.0 Å². The average Bonchev–Trinajstić information content (AvgIpc) is 2.83. The second-order valence-electron chi connectivity index (χ2n) is 9.83. The van der Waals surface area contributed by atoms with Crippen LogP contribution in [0.2, 0.25) is 10.0 Å². The number of hydrogen-bond donors (Lipinski definition) is 0. The molecule has 2 aromatic carbocycles. The van der Waals surface area contributed by atoms with Crippen LogP contribution in [-0.2, 0) is 16.1 Å². The molecule has 0 bridgehead atoms. The van der Waals surface area contributed by atoms with E-state index in [9.17, 15) is 14.0 Å². The molecule has 2 amide bonds. The van der Waals surface area contributed by atoms with Crippen molar-refractivity contribution in [2.75, 3.05) is 44.7 Å². The number of amides is 2. The van der Waals surface area contributed by atoms with Crippen LogP contribution < -0.4 is 4.90 Å². The summed E-state index contributed by atoms with van der Waals surface area (Å²) in [4.78, 5) is 33.8. The molecule has 2 aromatic rings. The first-order chi connectivity index (χ1) is 17.1. The van der Waals surface area contributed by atoms with Gasteiger partial charge in [-0.3, -0.25) is 14.5 Å². The van der Waals surface area contributed by atoms with Crippen molar-refractivity contribution in [1.82, 2.24) is 14.7 Å². The molecule has 0 radical (unpaired) electrons. The number of likely N-dealkylation sites (N-methyl/N-ethyl adjacent to an activating group) is 1. The Morgan fingerprint density at radius 2 is 1.68 bits per heavy atom. The van der Waals surface area contributed by atoms with Crippen molar-refractivity contribution in [2.24, 2.45) is 0 Å². The molecular weight excluding hydrogens is 538 g/mol. The molecule has 2 heterocycles. The largest absolute Gasteiger partial charge is 0.359 e. The van der Waals surface area contributed by atoms with Crippen LogP contribution in [0.5, 0.6) is 0 Å². The average molecular weight is 572 g/mol. The fourth-order valence-corrected chi connectivity index (χ4v) is 6.02. The fourth-order valence-electron chi connectivity index (χ4n) is 5.45. The van der Waals surface area contributed by atoms with Crippen molar-refractivity contribution in [3.63, 3.8) is 0 Å². The summed E-state index contributed by atoms with van der Waals surface area (Å²) in [6.45, 7) is 7.59. The van der Waals surface area contributed by atoms with Crippen LogP contribution in [0.25, 0.3) is 0 Å². The number of aryl methyl sites for hydroxylation is 1. The Kier molecular flexibility index (Phi) is 10.1. The van der Waals surface area contributed by atoms with Gasteiger partial charge < -0.3 is 14.7 Å². The Labute approximate surface area is 234 Å². The molecule has 0 aliphatic carbocycles. The van der Waals surface area contributed by atoms with Crippen LogP contribution in [0.3, 0.4) is 0 Å². The van der Waals surface area contributed by atoms with E-state index in [-0.39, 0.29) is 36.1 Å². The van der Waals surface area contributed by atoms with Gasteiger partial charge in [0.05, 0.1) is 0 Å². The summed E-state index contributed by atoms with van der Waals surface area (Å²) in [7, 11) is 1.79. The third-order valence-corrected chi connectivity index (χ3v) is 7.76. The van der Waals surface area contributed by atoms with Crippen LogP contribution >= 0.6 is 35.6 Å². The quantitative estimate of drug-likeness (QED) is 0.506. The summed E-state index contributed by atoms with van der Waals surface area (Å²) in [6, 6.07) is 9.89. The number of carbonyl (C=O) groups is 2. The van der Waals surface area contributed by atoms with Gasteiger partial charge in [0.1, 0.15) is 11.9 Å². The minimum Gasteiger partial charge on any atom is -0.359 e. The minimum atomic E-state index is -0.390. The number of anilines is 1. The molecule has 4 rings (SSSR count). The topological polar surface area (TPSA) is 47.1 Å². The third kappa shape index (κ3) is 7.08. The zero-order valence-corrected chi connectivity index (χ0v) is 23.8. The van der Waals surface area contributed by atoms with Crippen LogP contribution in [0.15, 0.2) is 36.4 Å². The van der Waals surface area contributed by atoms with E-state index in [1.807, 2.05) is 24.0 Å². The van der Waals surface area contributed by atoms with Gasteiger partial charge in [-0.05, 0) is 67.3 Å². The van der Waals surface area contributed by atoms with Gasteiger partial charge in [0.15, 0.2) is 0 Å². The summed E-state index contributed by atoms with van der Waals surface area (Å²) in [6.07, 6.45) is 1.56. The summed E-state index contributed by atoms with van der Waals surface area (Å²) >= 11 is 12.3. The lowest BCUT2D eigenvalue weighted by Crippen LogP contribution is -2.59. The molecule has 2 aliphatic rings. The molecule has 202 valence electrons. The first-order valence-electron chi connectivity index (χ1n) is 12.3. The highest BCUT2D eigenvalue weighted by Gasteiger charge is 2.38. The fraction of sp³-hybridized carbons (Fsp3) is 0.481. The zero-order chi connectivity index (χ0) is 26.0.